The van der Waals surface area contributed by atoms with Crippen molar-refractivity contribution in [3.63, 3.8) is 0 Å². The fraction of sp³-hybridized carbons (Fsp3) is 0.333. The number of para-hydroxylation sites is 1. The maximum absolute atomic E-state index is 12.6. The van der Waals surface area contributed by atoms with Gasteiger partial charge in [-0.2, -0.15) is 0 Å². The Labute approximate surface area is 154 Å². The molecule has 0 aliphatic carbocycles. The highest BCUT2D eigenvalue weighted by atomic mass is 35.5. The quantitative estimate of drug-likeness (QED) is 0.794. The van der Waals surface area contributed by atoms with Crippen LogP contribution in [0.15, 0.2) is 35.2 Å². The van der Waals surface area contributed by atoms with Gasteiger partial charge in [0.1, 0.15) is 0 Å². The fourth-order valence-electron chi connectivity index (χ4n) is 2.59. The van der Waals surface area contributed by atoms with Crippen molar-refractivity contribution in [3.05, 3.63) is 52.0 Å². The van der Waals surface area contributed by atoms with Crippen molar-refractivity contribution < 1.29 is 17.9 Å². The minimum Gasteiger partial charge on any atom is -0.493 e. The van der Waals surface area contributed by atoms with Crippen molar-refractivity contribution in [2.75, 3.05) is 20.8 Å². The summed E-state index contributed by atoms with van der Waals surface area (Å²) in [5.74, 6) is 1.23. The Kier molecular flexibility index (Phi) is 6.32. The Balaban J connectivity index is 2.15. The van der Waals surface area contributed by atoms with Crippen LogP contribution < -0.4 is 14.2 Å². The summed E-state index contributed by atoms with van der Waals surface area (Å²) < 4.78 is 38.4. The zero-order valence-electron chi connectivity index (χ0n) is 14.7. The van der Waals surface area contributed by atoms with Gasteiger partial charge in [0.2, 0.25) is 10.0 Å². The van der Waals surface area contributed by atoms with E-state index in [2.05, 4.69) is 4.72 Å². The van der Waals surface area contributed by atoms with E-state index in [-0.39, 0.29) is 11.4 Å². The van der Waals surface area contributed by atoms with Crippen LogP contribution in [0.2, 0.25) is 5.02 Å². The largest absolute Gasteiger partial charge is 0.493 e. The highest BCUT2D eigenvalue weighted by Crippen LogP contribution is 2.31. The molecular formula is C18H22ClNO4S. The topological polar surface area (TPSA) is 64.6 Å². The molecule has 1 N–H and O–H groups in total. The maximum atomic E-state index is 12.6. The van der Waals surface area contributed by atoms with Gasteiger partial charge in [0, 0.05) is 11.6 Å². The molecule has 136 valence electrons. The first kappa shape index (κ1) is 19.6. The van der Waals surface area contributed by atoms with Gasteiger partial charge in [-0.15, -0.1) is 0 Å². The highest BCUT2D eigenvalue weighted by molar-refractivity contribution is 7.89. The molecule has 7 heteroatoms. The third kappa shape index (κ3) is 4.45. The first-order chi connectivity index (χ1) is 11.8. The molecule has 2 aromatic rings. The van der Waals surface area contributed by atoms with Crippen LogP contribution in [0.1, 0.15) is 16.7 Å². The zero-order valence-corrected chi connectivity index (χ0v) is 16.3. The lowest BCUT2D eigenvalue weighted by Crippen LogP contribution is -2.26. The number of sulfonamides is 1. The SMILES string of the molecule is COc1cccc(CCNS(=O)(=O)c2cc(C)c(Cl)cc2C)c1OC. The average Bonchev–Trinajstić information content (AvgIpc) is 2.57. The van der Waals surface area contributed by atoms with Gasteiger partial charge >= 0.3 is 0 Å². The summed E-state index contributed by atoms with van der Waals surface area (Å²) in [5.41, 5.74) is 2.21. The summed E-state index contributed by atoms with van der Waals surface area (Å²) in [6, 6.07) is 8.78. The van der Waals surface area contributed by atoms with Gasteiger partial charge in [0.05, 0.1) is 19.1 Å². The summed E-state index contributed by atoms with van der Waals surface area (Å²) >= 11 is 6.04. The number of nitrogens with one attached hydrogen (secondary N) is 1. The van der Waals surface area contributed by atoms with E-state index < -0.39 is 10.0 Å². The number of rotatable bonds is 7. The predicted octanol–water partition coefficient (Wildman–Crippen LogP) is 3.50. The van der Waals surface area contributed by atoms with Gasteiger partial charge in [0.25, 0.3) is 0 Å². The van der Waals surface area contributed by atoms with Gasteiger partial charge in [-0.1, -0.05) is 23.7 Å². The van der Waals surface area contributed by atoms with Crippen molar-refractivity contribution in [2.24, 2.45) is 0 Å². The Morgan fingerprint density at radius 3 is 2.44 bits per heavy atom. The van der Waals surface area contributed by atoms with Crippen LogP contribution >= 0.6 is 11.6 Å². The van der Waals surface area contributed by atoms with Crippen molar-refractivity contribution in [3.8, 4) is 11.5 Å². The van der Waals surface area contributed by atoms with Crippen LogP contribution in [0.4, 0.5) is 0 Å². The molecule has 2 aromatic carbocycles. The van der Waals surface area contributed by atoms with Gasteiger partial charge < -0.3 is 9.47 Å². The minimum atomic E-state index is -3.62. The standard InChI is InChI=1S/C18H22ClNO4S/c1-12-11-17(13(2)10-15(12)19)25(21,22)20-9-8-14-6-5-7-16(23-3)18(14)24-4/h5-7,10-11,20H,8-9H2,1-4H3. The lowest BCUT2D eigenvalue weighted by molar-refractivity contribution is 0.351. The third-order valence-corrected chi connectivity index (χ3v) is 5.93. The molecular weight excluding hydrogens is 362 g/mol. The van der Waals surface area contributed by atoms with E-state index in [0.717, 1.165) is 11.1 Å². The first-order valence-electron chi connectivity index (χ1n) is 7.76. The Morgan fingerprint density at radius 2 is 1.80 bits per heavy atom. The second-order valence-electron chi connectivity index (χ2n) is 5.67. The molecule has 0 aliphatic heterocycles. The number of halogens is 1. The summed E-state index contributed by atoms with van der Waals surface area (Å²) in [7, 11) is -0.490. The molecule has 0 saturated carbocycles. The minimum absolute atomic E-state index is 0.243. The van der Waals surface area contributed by atoms with Crippen LogP contribution in [0, 0.1) is 13.8 Å². The van der Waals surface area contributed by atoms with Gasteiger partial charge in [-0.3, -0.25) is 0 Å². The second-order valence-corrected chi connectivity index (χ2v) is 7.81. The maximum Gasteiger partial charge on any atom is 0.240 e. The average molecular weight is 384 g/mol. The van der Waals surface area contributed by atoms with E-state index >= 15 is 0 Å². The summed E-state index contributed by atoms with van der Waals surface area (Å²) in [5, 5.41) is 0.553. The van der Waals surface area contributed by atoms with Gasteiger partial charge in [0.15, 0.2) is 11.5 Å². The van der Waals surface area contributed by atoms with E-state index in [1.807, 2.05) is 12.1 Å². The molecule has 5 nitrogen and oxygen atoms in total. The molecule has 25 heavy (non-hydrogen) atoms. The molecule has 0 saturated heterocycles. The van der Waals surface area contributed by atoms with E-state index in [1.165, 1.54) is 0 Å². The first-order valence-corrected chi connectivity index (χ1v) is 9.62. The molecule has 0 amide bonds. The number of methoxy groups -OCH3 is 2. The fourth-order valence-corrected chi connectivity index (χ4v) is 4.15. The highest BCUT2D eigenvalue weighted by Gasteiger charge is 2.18. The van der Waals surface area contributed by atoms with Crippen molar-refractivity contribution in [2.45, 2.75) is 25.2 Å². The number of ether oxygens (including phenoxy) is 2. The third-order valence-electron chi connectivity index (χ3n) is 3.92. The zero-order chi connectivity index (χ0) is 18.6. The van der Waals surface area contributed by atoms with E-state index in [9.17, 15) is 8.42 Å². The molecule has 0 atom stereocenters. The van der Waals surface area contributed by atoms with E-state index in [4.69, 9.17) is 21.1 Å². The van der Waals surface area contributed by atoms with Crippen molar-refractivity contribution in [1.29, 1.82) is 0 Å². The molecule has 0 fully saturated rings. The Hall–Kier alpha value is -1.76. The summed E-state index contributed by atoms with van der Waals surface area (Å²) in [4.78, 5) is 0.243. The van der Waals surface area contributed by atoms with Crippen molar-refractivity contribution in [1.82, 2.24) is 4.72 Å². The molecule has 0 spiro atoms. The Morgan fingerprint density at radius 1 is 1.08 bits per heavy atom. The Bertz CT molecular complexity index is 866. The van der Waals surface area contributed by atoms with Crippen molar-refractivity contribution >= 4 is 21.6 Å². The smallest absolute Gasteiger partial charge is 0.240 e. The van der Waals surface area contributed by atoms with Gasteiger partial charge in [-0.25, -0.2) is 13.1 Å². The number of aryl methyl sites for hydroxylation is 2. The predicted molar refractivity (Wildman–Crippen MR) is 99.4 cm³/mol. The van der Waals surface area contributed by atoms with Crippen LogP contribution in [-0.4, -0.2) is 29.2 Å². The van der Waals surface area contributed by atoms with Crippen LogP contribution in [-0.2, 0) is 16.4 Å². The van der Waals surface area contributed by atoms with Crippen LogP contribution in [0.25, 0.3) is 0 Å². The molecule has 0 heterocycles. The summed E-state index contributed by atoms with van der Waals surface area (Å²) in [6.07, 6.45) is 0.477. The van der Waals surface area contributed by atoms with E-state index in [0.29, 0.717) is 28.5 Å². The second kappa shape index (κ2) is 8.08. The van der Waals surface area contributed by atoms with E-state index in [1.54, 1.807) is 46.3 Å². The normalized spacial score (nSPS) is 11.4. The lowest BCUT2D eigenvalue weighted by atomic mass is 10.1. The number of hydrogen-bond donors (Lipinski definition) is 1. The molecule has 0 radical (unpaired) electrons. The monoisotopic (exact) mass is 383 g/mol. The van der Waals surface area contributed by atoms with Crippen LogP contribution in [0.5, 0.6) is 11.5 Å². The van der Waals surface area contributed by atoms with Gasteiger partial charge in [-0.05, 0) is 55.2 Å². The molecule has 0 aromatic heterocycles. The molecule has 0 unspecified atom stereocenters. The number of benzene rings is 2. The van der Waals surface area contributed by atoms with Crippen LogP contribution in [0.3, 0.4) is 0 Å². The number of hydrogen-bond acceptors (Lipinski definition) is 4. The molecule has 0 bridgehead atoms. The summed E-state index contributed by atoms with van der Waals surface area (Å²) in [6.45, 7) is 3.75. The molecule has 2 rings (SSSR count). The molecule has 0 aliphatic rings. The lowest BCUT2D eigenvalue weighted by Gasteiger charge is -2.14.